The van der Waals surface area contributed by atoms with E-state index in [2.05, 4.69) is 5.32 Å². The Morgan fingerprint density at radius 2 is 1.71 bits per heavy atom. The van der Waals surface area contributed by atoms with Crippen molar-refractivity contribution in [2.75, 3.05) is 31.0 Å². The van der Waals surface area contributed by atoms with Crippen LogP contribution < -0.4 is 9.62 Å². The van der Waals surface area contributed by atoms with Crippen LogP contribution in [0.15, 0.2) is 53.4 Å². The first-order valence-corrected chi connectivity index (χ1v) is 10.4. The van der Waals surface area contributed by atoms with Gasteiger partial charge in [-0.25, -0.2) is 8.42 Å². The van der Waals surface area contributed by atoms with E-state index < -0.39 is 10.0 Å². The summed E-state index contributed by atoms with van der Waals surface area (Å²) < 4.78 is 26.8. The topological polar surface area (TPSA) is 69.7 Å². The SMILES string of the molecule is Cc1ccc(S(=O)(=O)N(C)c2ccc(C(=O)N3CCNCC3C)cc2)cc1.Cl. The molecule has 0 spiro atoms. The maximum Gasteiger partial charge on any atom is 0.264 e. The maximum absolute atomic E-state index is 12.8. The molecule has 1 amide bonds. The smallest absolute Gasteiger partial charge is 0.264 e. The van der Waals surface area contributed by atoms with Crippen molar-refractivity contribution in [3.05, 3.63) is 59.7 Å². The fourth-order valence-corrected chi connectivity index (χ4v) is 4.33. The highest BCUT2D eigenvalue weighted by molar-refractivity contribution is 7.92. The molecule has 1 unspecified atom stereocenters. The van der Waals surface area contributed by atoms with Crippen LogP contribution in [0.3, 0.4) is 0 Å². The Bertz CT molecular complexity index is 915. The van der Waals surface area contributed by atoms with E-state index >= 15 is 0 Å². The van der Waals surface area contributed by atoms with Crippen LogP contribution in [0.2, 0.25) is 0 Å². The molecular formula is C20H26ClN3O3S. The average Bonchev–Trinajstić information content (AvgIpc) is 2.68. The van der Waals surface area contributed by atoms with Gasteiger partial charge in [0.2, 0.25) is 0 Å². The second-order valence-corrected chi connectivity index (χ2v) is 8.85. The molecular weight excluding hydrogens is 398 g/mol. The number of benzene rings is 2. The van der Waals surface area contributed by atoms with Crippen LogP contribution in [0.5, 0.6) is 0 Å². The summed E-state index contributed by atoms with van der Waals surface area (Å²) in [5, 5.41) is 3.26. The van der Waals surface area contributed by atoms with E-state index in [1.165, 1.54) is 11.4 Å². The van der Waals surface area contributed by atoms with Crippen molar-refractivity contribution in [1.29, 1.82) is 0 Å². The molecule has 152 valence electrons. The number of hydrogen-bond acceptors (Lipinski definition) is 4. The minimum absolute atomic E-state index is 0. The van der Waals surface area contributed by atoms with Gasteiger partial charge in [0.25, 0.3) is 15.9 Å². The molecule has 1 atom stereocenters. The summed E-state index contributed by atoms with van der Waals surface area (Å²) in [7, 11) is -2.12. The second-order valence-electron chi connectivity index (χ2n) is 6.88. The number of piperazine rings is 1. The highest BCUT2D eigenvalue weighted by Gasteiger charge is 2.25. The molecule has 6 nitrogen and oxygen atoms in total. The van der Waals surface area contributed by atoms with Crippen molar-refractivity contribution in [1.82, 2.24) is 10.2 Å². The van der Waals surface area contributed by atoms with E-state index in [-0.39, 0.29) is 29.3 Å². The number of carbonyl (C=O) groups is 1. The van der Waals surface area contributed by atoms with Crippen LogP contribution in [0.4, 0.5) is 5.69 Å². The van der Waals surface area contributed by atoms with Gasteiger partial charge in [-0.05, 0) is 50.2 Å². The molecule has 1 saturated heterocycles. The van der Waals surface area contributed by atoms with Gasteiger partial charge < -0.3 is 10.2 Å². The Labute approximate surface area is 173 Å². The molecule has 1 heterocycles. The Balaban J connectivity index is 0.00000280. The third-order valence-electron chi connectivity index (χ3n) is 4.92. The molecule has 1 aliphatic rings. The Kier molecular flexibility index (Phi) is 7.09. The normalized spacial score (nSPS) is 17.0. The van der Waals surface area contributed by atoms with Gasteiger partial charge in [-0.15, -0.1) is 12.4 Å². The fraction of sp³-hybridized carbons (Fsp3) is 0.350. The summed E-state index contributed by atoms with van der Waals surface area (Å²) in [6.07, 6.45) is 0. The number of nitrogens with one attached hydrogen (secondary N) is 1. The molecule has 2 aromatic carbocycles. The molecule has 2 aromatic rings. The standard InChI is InChI=1S/C20H25N3O3S.ClH/c1-15-4-10-19(11-5-15)27(25,26)22(3)18-8-6-17(7-9-18)20(24)23-13-12-21-14-16(23)2;/h4-11,16,21H,12-14H2,1-3H3;1H. The number of sulfonamides is 1. The molecule has 8 heteroatoms. The zero-order valence-corrected chi connectivity index (χ0v) is 17.9. The molecule has 1 N–H and O–H groups in total. The molecule has 0 aromatic heterocycles. The Morgan fingerprint density at radius 1 is 1.11 bits per heavy atom. The van der Waals surface area contributed by atoms with Gasteiger partial charge in [-0.2, -0.15) is 0 Å². The van der Waals surface area contributed by atoms with Crippen LogP contribution in [-0.2, 0) is 10.0 Å². The van der Waals surface area contributed by atoms with E-state index in [0.717, 1.165) is 18.7 Å². The summed E-state index contributed by atoms with van der Waals surface area (Å²) in [4.78, 5) is 14.8. The fourth-order valence-electron chi connectivity index (χ4n) is 3.13. The van der Waals surface area contributed by atoms with Gasteiger partial charge in [-0.3, -0.25) is 9.10 Å². The Hall–Kier alpha value is -2.09. The summed E-state index contributed by atoms with van der Waals surface area (Å²) in [6, 6.07) is 13.6. The van der Waals surface area contributed by atoms with Gasteiger partial charge in [0, 0.05) is 38.3 Å². The van der Waals surface area contributed by atoms with Gasteiger partial charge in [0.15, 0.2) is 0 Å². The van der Waals surface area contributed by atoms with E-state index in [1.54, 1.807) is 48.5 Å². The third kappa shape index (κ3) is 4.48. The third-order valence-corrected chi connectivity index (χ3v) is 6.72. The van der Waals surface area contributed by atoms with Crippen molar-refractivity contribution >= 4 is 34.0 Å². The molecule has 0 radical (unpaired) electrons. The monoisotopic (exact) mass is 423 g/mol. The van der Waals surface area contributed by atoms with Crippen LogP contribution in [-0.4, -0.2) is 51.9 Å². The number of carbonyl (C=O) groups excluding carboxylic acids is 1. The minimum Gasteiger partial charge on any atom is -0.333 e. The summed E-state index contributed by atoms with van der Waals surface area (Å²) >= 11 is 0. The van der Waals surface area contributed by atoms with Crippen molar-refractivity contribution in [2.24, 2.45) is 0 Å². The van der Waals surface area contributed by atoms with Crippen LogP contribution in [0.1, 0.15) is 22.8 Å². The van der Waals surface area contributed by atoms with Crippen molar-refractivity contribution in [3.63, 3.8) is 0 Å². The first-order chi connectivity index (χ1) is 12.8. The van der Waals surface area contributed by atoms with Crippen molar-refractivity contribution < 1.29 is 13.2 Å². The first-order valence-electron chi connectivity index (χ1n) is 8.98. The highest BCUT2D eigenvalue weighted by Crippen LogP contribution is 2.23. The number of amides is 1. The maximum atomic E-state index is 12.8. The van der Waals surface area contributed by atoms with E-state index in [9.17, 15) is 13.2 Å². The van der Waals surface area contributed by atoms with Gasteiger partial charge >= 0.3 is 0 Å². The summed E-state index contributed by atoms with van der Waals surface area (Å²) in [5.41, 5.74) is 2.08. The molecule has 0 saturated carbocycles. The lowest BCUT2D eigenvalue weighted by Gasteiger charge is -2.34. The second kappa shape index (κ2) is 8.94. The zero-order valence-electron chi connectivity index (χ0n) is 16.3. The number of hydrogen-bond donors (Lipinski definition) is 1. The van der Waals surface area contributed by atoms with Crippen molar-refractivity contribution in [3.8, 4) is 0 Å². The molecule has 1 aliphatic heterocycles. The highest BCUT2D eigenvalue weighted by atomic mass is 35.5. The molecule has 1 fully saturated rings. The van der Waals surface area contributed by atoms with Crippen molar-refractivity contribution in [2.45, 2.75) is 24.8 Å². The molecule has 0 aliphatic carbocycles. The predicted octanol–water partition coefficient (Wildman–Crippen LogP) is 2.68. The lowest BCUT2D eigenvalue weighted by Crippen LogP contribution is -2.52. The van der Waals surface area contributed by atoms with Crippen LogP contribution >= 0.6 is 12.4 Å². The first kappa shape index (κ1) is 22.2. The lowest BCUT2D eigenvalue weighted by atomic mass is 10.1. The van der Waals surface area contributed by atoms with Crippen LogP contribution in [0.25, 0.3) is 0 Å². The number of halogens is 1. The summed E-state index contributed by atoms with van der Waals surface area (Å²) in [6.45, 7) is 6.16. The summed E-state index contributed by atoms with van der Waals surface area (Å²) in [5.74, 6) is -0.0282. The van der Waals surface area contributed by atoms with E-state index in [0.29, 0.717) is 17.8 Å². The van der Waals surface area contributed by atoms with E-state index in [1.807, 2.05) is 18.7 Å². The number of anilines is 1. The average molecular weight is 424 g/mol. The van der Waals surface area contributed by atoms with Gasteiger partial charge in [-0.1, -0.05) is 17.7 Å². The molecule has 28 heavy (non-hydrogen) atoms. The lowest BCUT2D eigenvalue weighted by molar-refractivity contribution is 0.0656. The number of rotatable bonds is 4. The zero-order chi connectivity index (χ0) is 19.6. The predicted molar refractivity (Wildman–Crippen MR) is 114 cm³/mol. The number of nitrogens with zero attached hydrogens (tertiary/aromatic N) is 2. The van der Waals surface area contributed by atoms with Gasteiger partial charge in [0.05, 0.1) is 10.6 Å². The largest absolute Gasteiger partial charge is 0.333 e. The van der Waals surface area contributed by atoms with Crippen LogP contribution in [0, 0.1) is 6.92 Å². The molecule has 0 bridgehead atoms. The Morgan fingerprint density at radius 3 is 2.29 bits per heavy atom. The van der Waals surface area contributed by atoms with E-state index in [4.69, 9.17) is 0 Å². The molecule has 3 rings (SSSR count). The minimum atomic E-state index is -3.64. The van der Waals surface area contributed by atoms with Gasteiger partial charge in [0.1, 0.15) is 0 Å². The number of aryl methyl sites for hydroxylation is 1. The quantitative estimate of drug-likeness (QED) is 0.820.